The lowest BCUT2D eigenvalue weighted by Crippen LogP contribution is -2.03. The molecule has 82 valence electrons. The first-order chi connectivity index (χ1) is 7.06. The van der Waals surface area contributed by atoms with Gasteiger partial charge < -0.3 is 9.84 Å². The fourth-order valence-electron chi connectivity index (χ4n) is 1.47. The highest BCUT2D eigenvalue weighted by atomic mass is 19.1. The molecule has 0 spiro atoms. The summed E-state index contributed by atoms with van der Waals surface area (Å²) in [7, 11) is 1.45. The molecule has 0 fully saturated rings. The fourth-order valence-corrected chi connectivity index (χ4v) is 1.47. The third-order valence-electron chi connectivity index (χ3n) is 2.19. The Labute approximate surface area is 87.5 Å². The second-order valence-corrected chi connectivity index (χ2v) is 3.27. The summed E-state index contributed by atoms with van der Waals surface area (Å²) in [5, 5.41) is 8.54. The van der Waals surface area contributed by atoms with Crippen LogP contribution in [0.1, 0.15) is 17.5 Å². The Morgan fingerprint density at radius 3 is 2.73 bits per heavy atom. The maximum Gasteiger partial charge on any atom is 0.303 e. The molecular weight excluding hydrogens is 199 g/mol. The van der Waals surface area contributed by atoms with E-state index in [9.17, 15) is 9.18 Å². The Kier molecular flexibility index (Phi) is 3.66. The van der Waals surface area contributed by atoms with Crippen LogP contribution in [0, 0.1) is 12.7 Å². The number of carbonyl (C=O) groups is 1. The van der Waals surface area contributed by atoms with Gasteiger partial charge in [-0.25, -0.2) is 4.39 Å². The van der Waals surface area contributed by atoms with Crippen molar-refractivity contribution in [3.8, 4) is 5.75 Å². The van der Waals surface area contributed by atoms with Gasteiger partial charge in [0, 0.05) is 12.0 Å². The molecule has 3 nitrogen and oxygen atoms in total. The third kappa shape index (κ3) is 2.68. The normalized spacial score (nSPS) is 10.1. The van der Waals surface area contributed by atoms with E-state index in [4.69, 9.17) is 9.84 Å². The van der Waals surface area contributed by atoms with Crippen molar-refractivity contribution in [3.05, 3.63) is 29.1 Å². The molecule has 0 saturated carbocycles. The number of rotatable bonds is 4. The zero-order valence-corrected chi connectivity index (χ0v) is 8.71. The van der Waals surface area contributed by atoms with Gasteiger partial charge in [-0.3, -0.25) is 4.79 Å². The number of halogens is 1. The number of carboxylic acid groups (broad SMARTS) is 1. The first-order valence-electron chi connectivity index (χ1n) is 4.60. The van der Waals surface area contributed by atoms with Gasteiger partial charge in [0.05, 0.1) is 7.11 Å². The van der Waals surface area contributed by atoms with Crippen LogP contribution in [0.4, 0.5) is 4.39 Å². The molecule has 0 aliphatic heterocycles. The predicted molar refractivity (Wildman–Crippen MR) is 53.6 cm³/mol. The zero-order valence-electron chi connectivity index (χ0n) is 8.71. The molecule has 0 heterocycles. The minimum Gasteiger partial charge on any atom is -0.496 e. The molecule has 1 aromatic rings. The van der Waals surface area contributed by atoms with Crippen LogP contribution in [0.3, 0.4) is 0 Å². The summed E-state index contributed by atoms with van der Waals surface area (Å²) in [5.41, 5.74) is 1.14. The van der Waals surface area contributed by atoms with Gasteiger partial charge in [-0.1, -0.05) is 6.07 Å². The molecular formula is C11H13FO3. The second kappa shape index (κ2) is 4.77. The maximum atomic E-state index is 13.4. The van der Waals surface area contributed by atoms with Crippen LogP contribution >= 0.6 is 0 Å². The number of benzene rings is 1. The average Bonchev–Trinajstić information content (AvgIpc) is 2.19. The molecule has 1 aromatic carbocycles. The summed E-state index contributed by atoms with van der Waals surface area (Å²) >= 11 is 0. The molecule has 0 bridgehead atoms. The summed E-state index contributed by atoms with van der Waals surface area (Å²) in [6.45, 7) is 1.79. The number of hydrogen-bond acceptors (Lipinski definition) is 2. The van der Waals surface area contributed by atoms with E-state index >= 15 is 0 Å². The lowest BCUT2D eigenvalue weighted by Gasteiger charge is -2.11. The van der Waals surface area contributed by atoms with Crippen molar-refractivity contribution in [3.63, 3.8) is 0 Å². The van der Waals surface area contributed by atoms with Gasteiger partial charge in [0.15, 0.2) is 0 Å². The number of aliphatic carboxylic acids is 1. The number of hydrogen-bond donors (Lipinski definition) is 1. The second-order valence-electron chi connectivity index (χ2n) is 3.27. The Morgan fingerprint density at radius 1 is 1.53 bits per heavy atom. The molecule has 1 N–H and O–H groups in total. The van der Waals surface area contributed by atoms with Gasteiger partial charge in [-0.2, -0.15) is 0 Å². The van der Waals surface area contributed by atoms with E-state index in [1.165, 1.54) is 13.2 Å². The lowest BCUT2D eigenvalue weighted by atomic mass is 10.0. The molecule has 0 atom stereocenters. The Hall–Kier alpha value is -1.58. The standard InChI is InChI=1S/C11H13FO3/c1-7-3-5-9(12)8(11(7)15-2)4-6-10(13)14/h3,5H,4,6H2,1-2H3,(H,13,14). The van der Waals surface area contributed by atoms with Crippen LogP contribution in [0.25, 0.3) is 0 Å². The van der Waals surface area contributed by atoms with E-state index in [-0.39, 0.29) is 12.8 Å². The third-order valence-corrected chi connectivity index (χ3v) is 2.19. The molecule has 0 radical (unpaired) electrons. The summed E-state index contributed by atoms with van der Waals surface area (Å²) in [5.74, 6) is -0.923. The van der Waals surface area contributed by atoms with Crippen LogP contribution in [-0.4, -0.2) is 18.2 Å². The van der Waals surface area contributed by atoms with Crippen molar-refractivity contribution < 1.29 is 19.0 Å². The van der Waals surface area contributed by atoms with Crippen LogP contribution in [0.2, 0.25) is 0 Å². The first-order valence-corrected chi connectivity index (χ1v) is 4.60. The van der Waals surface area contributed by atoms with E-state index in [1.807, 2.05) is 0 Å². The Morgan fingerprint density at radius 2 is 2.20 bits per heavy atom. The highest BCUT2D eigenvalue weighted by molar-refractivity contribution is 5.67. The summed E-state index contributed by atoms with van der Waals surface area (Å²) in [6, 6.07) is 2.94. The van der Waals surface area contributed by atoms with E-state index in [2.05, 4.69) is 0 Å². The van der Waals surface area contributed by atoms with Crippen LogP contribution < -0.4 is 4.74 Å². The van der Waals surface area contributed by atoms with Crippen LogP contribution in [-0.2, 0) is 11.2 Å². The quantitative estimate of drug-likeness (QED) is 0.831. The van der Waals surface area contributed by atoms with Gasteiger partial charge in [0.1, 0.15) is 11.6 Å². The minimum atomic E-state index is -0.946. The number of aryl methyl sites for hydroxylation is 1. The highest BCUT2D eigenvalue weighted by Crippen LogP contribution is 2.26. The van der Waals surface area contributed by atoms with Crippen molar-refractivity contribution in [1.29, 1.82) is 0 Å². The van der Waals surface area contributed by atoms with Gasteiger partial charge in [-0.05, 0) is 25.0 Å². The molecule has 4 heteroatoms. The molecule has 0 aliphatic rings. The van der Waals surface area contributed by atoms with Crippen LogP contribution in [0.5, 0.6) is 5.75 Å². The molecule has 0 amide bonds. The lowest BCUT2D eigenvalue weighted by molar-refractivity contribution is -0.136. The summed E-state index contributed by atoms with van der Waals surface area (Å²) in [4.78, 5) is 10.4. The highest BCUT2D eigenvalue weighted by Gasteiger charge is 2.13. The molecule has 15 heavy (non-hydrogen) atoms. The van der Waals surface area contributed by atoms with Crippen molar-refractivity contribution in [2.75, 3.05) is 7.11 Å². The topological polar surface area (TPSA) is 46.5 Å². The monoisotopic (exact) mass is 212 g/mol. The van der Waals surface area contributed by atoms with E-state index in [0.717, 1.165) is 5.56 Å². The number of carboxylic acids is 1. The largest absolute Gasteiger partial charge is 0.496 e. The molecule has 0 saturated heterocycles. The fraction of sp³-hybridized carbons (Fsp3) is 0.364. The van der Waals surface area contributed by atoms with Crippen LogP contribution in [0.15, 0.2) is 12.1 Å². The van der Waals surface area contributed by atoms with Crippen molar-refractivity contribution >= 4 is 5.97 Å². The van der Waals surface area contributed by atoms with E-state index in [1.54, 1.807) is 13.0 Å². The Bertz CT molecular complexity index is 374. The predicted octanol–water partition coefficient (Wildman–Crippen LogP) is 2.16. The molecule has 0 aromatic heterocycles. The molecule has 0 aliphatic carbocycles. The van der Waals surface area contributed by atoms with Crippen molar-refractivity contribution in [2.24, 2.45) is 0 Å². The first kappa shape index (κ1) is 11.5. The number of ether oxygens (including phenoxy) is 1. The van der Waals surface area contributed by atoms with E-state index in [0.29, 0.717) is 11.3 Å². The average molecular weight is 212 g/mol. The Balaban J connectivity index is 3.02. The van der Waals surface area contributed by atoms with Crippen molar-refractivity contribution in [1.82, 2.24) is 0 Å². The summed E-state index contributed by atoms with van der Waals surface area (Å²) in [6.07, 6.45) is 0.0444. The zero-order chi connectivity index (χ0) is 11.4. The molecule has 1 rings (SSSR count). The number of methoxy groups -OCH3 is 1. The van der Waals surface area contributed by atoms with Gasteiger partial charge in [0.25, 0.3) is 0 Å². The molecule has 0 unspecified atom stereocenters. The summed E-state index contributed by atoms with van der Waals surface area (Å²) < 4.78 is 18.5. The van der Waals surface area contributed by atoms with Gasteiger partial charge >= 0.3 is 5.97 Å². The minimum absolute atomic E-state index is 0.100. The van der Waals surface area contributed by atoms with Gasteiger partial charge in [0.2, 0.25) is 0 Å². The maximum absolute atomic E-state index is 13.4. The van der Waals surface area contributed by atoms with E-state index < -0.39 is 11.8 Å². The van der Waals surface area contributed by atoms with Gasteiger partial charge in [-0.15, -0.1) is 0 Å². The SMILES string of the molecule is COc1c(C)ccc(F)c1CCC(=O)O. The smallest absolute Gasteiger partial charge is 0.303 e. The van der Waals surface area contributed by atoms with Crippen molar-refractivity contribution in [2.45, 2.75) is 19.8 Å².